The van der Waals surface area contributed by atoms with Crippen molar-refractivity contribution in [1.82, 2.24) is 5.32 Å². The highest BCUT2D eigenvalue weighted by Crippen LogP contribution is 2.26. The molecule has 23 heavy (non-hydrogen) atoms. The molecule has 0 saturated carbocycles. The minimum absolute atomic E-state index is 0.219. The molecule has 0 radical (unpaired) electrons. The normalized spacial score (nSPS) is 16.3. The summed E-state index contributed by atoms with van der Waals surface area (Å²) in [6, 6.07) is 12.3. The largest absolute Gasteiger partial charge is 0.495 e. The molecule has 3 rings (SSSR count). The van der Waals surface area contributed by atoms with Crippen LogP contribution in [0.1, 0.15) is 21.5 Å². The van der Waals surface area contributed by atoms with E-state index in [2.05, 4.69) is 10.6 Å². The number of hydrogen-bond donors (Lipinski definition) is 2. The molecule has 2 amide bonds. The quantitative estimate of drug-likeness (QED) is 0.914. The first-order valence-corrected chi connectivity index (χ1v) is 7.43. The number of rotatable bonds is 3. The van der Waals surface area contributed by atoms with Crippen molar-refractivity contribution in [3.05, 3.63) is 59.2 Å². The molecule has 0 aliphatic carbocycles. The van der Waals surface area contributed by atoms with Gasteiger partial charge < -0.3 is 15.4 Å². The second-order valence-corrected chi connectivity index (χ2v) is 5.58. The van der Waals surface area contributed by atoms with Crippen LogP contribution in [0.4, 0.5) is 5.69 Å². The molecule has 1 aliphatic heterocycles. The number of amides is 2. The summed E-state index contributed by atoms with van der Waals surface area (Å²) in [5.41, 5.74) is 3.13. The van der Waals surface area contributed by atoms with Crippen molar-refractivity contribution in [3.63, 3.8) is 0 Å². The number of hydrogen-bond acceptors (Lipinski definition) is 3. The van der Waals surface area contributed by atoms with Crippen LogP contribution in [0.5, 0.6) is 5.75 Å². The Morgan fingerprint density at radius 2 is 2.04 bits per heavy atom. The number of nitrogens with one attached hydrogen (secondary N) is 2. The molecule has 1 atom stereocenters. The van der Waals surface area contributed by atoms with E-state index in [4.69, 9.17) is 4.74 Å². The second-order valence-electron chi connectivity index (χ2n) is 5.58. The average Bonchev–Trinajstić information content (AvgIpc) is 2.55. The van der Waals surface area contributed by atoms with Crippen LogP contribution in [0.3, 0.4) is 0 Å². The van der Waals surface area contributed by atoms with Gasteiger partial charge in [-0.25, -0.2) is 0 Å². The maximum atomic E-state index is 12.5. The Bertz CT molecular complexity index is 771. The van der Waals surface area contributed by atoms with Gasteiger partial charge in [-0.05, 0) is 36.2 Å². The summed E-state index contributed by atoms with van der Waals surface area (Å²) in [6.45, 7) is 1.94. The van der Waals surface area contributed by atoms with Crippen molar-refractivity contribution in [1.29, 1.82) is 0 Å². The lowest BCUT2D eigenvalue weighted by Gasteiger charge is -2.25. The van der Waals surface area contributed by atoms with Crippen molar-refractivity contribution in [2.45, 2.75) is 19.4 Å². The highest BCUT2D eigenvalue weighted by molar-refractivity contribution is 6.04. The summed E-state index contributed by atoms with van der Waals surface area (Å²) >= 11 is 0. The van der Waals surface area contributed by atoms with Gasteiger partial charge in [-0.15, -0.1) is 0 Å². The molecule has 2 aromatic carbocycles. The topological polar surface area (TPSA) is 67.4 Å². The molecule has 118 valence electrons. The van der Waals surface area contributed by atoms with Crippen LogP contribution in [0.25, 0.3) is 0 Å². The fourth-order valence-corrected chi connectivity index (χ4v) is 2.72. The molecule has 0 spiro atoms. The number of methoxy groups -OCH3 is 1. The zero-order valence-electron chi connectivity index (χ0n) is 13.1. The lowest BCUT2D eigenvalue weighted by atomic mass is 9.95. The van der Waals surface area contributed by atoms with E-state index in [1.165, 1.54) is 0 Å². The van der Waals surface area contributed by atoms with E-state index in [1.54, 1.807) is 19.2 Å². The molecule has 0 fully saturated rings. The lowest BCUT2D eigenvalue weighted by Crippen LogP contribution is -2.48. The molecule has 1 aliphatic rings. The minimum Gasteiger partial charge on any atom is -0.495 e. The maximum absolute atomic E-state index is 12.5. The SMILES string of the molecule is COc1ccc(C)cc1NC(=O)C1Cc2ccccc2C(=O)N1. The molecule has 2 aromatic rings. The molecule has 1 heterocycles. The van der Waals surface area contributed by atoms with Crippen molar-refractivity contribution in [2.75, 3.05) is 12.4 Å². The van der Waals surface area contributed by atoms with E-state index in [1.807, 2.05) is 37.3 Å². The Labute approximate surface area is 134 Å². The Balaban J connectivity index is 1.80. The Kier molecular flexibility index (Phi) is 4.02. The number of fused-ring (bicyclic) bond motifs is 1. The number of carbonyl (C=O) groups is 2. The van der Waals surface area contributed by atoms with Gasteiger partial charge >= 0.3 is 0 Å². The van der Waals surface area contributed by atoms with Gasteiger partial charge in [0, 0.05) is 12.0 Å². The van der Waals surface area contributed by atoms with Crippen LogP contribution in [0.2, 0.25) is 0 Å². The van der Waals surface area contributed by atoms with Gasteiger partial charge in [0.25, 0.3) is 5.91 Å². The van der Waals surface area contributed by atoms with Gasteiger partial charge in [0.2, 0.25) is 5.91 Å². The Morgan fingerprint density at radius 3 is 2.83 bits per heavy atom. The molecule has 0 aromatic heterocycles. The van der Waals surface area contributed by atoms with Crippen LogP contribution in [-0.2, 0) is 11.2 Å². The fraction of sp³-hybridized carbons (Fsp3) is 0.222. The number of ether oxygens (including phenoxy) is 1. The van der Waals surface area contributed by atoms with Gasteiger partial charge in [-0.1, -0.05) is 24.3 Å². The first-order chi connectivity index (χ1) is 11.1. The summed E-state index contributed by atoms with van der Waals surface area (Å²) in [7, 11) is 1.55. The standard InChI is InChI=1S/C18H18N2O3/c1-11-7-8-16(23-2)14(9-11)19-18(22)15-10-12-5-3-4-6-13(12)17(21)20-15/h3-9,15H,10H2,1-2H3,(H,19,22)(H,20,21). The third kappa shape index (κ3) is 3.04. The smallest absolute Gasteiger partial charge is 0.252 e. The van der Waals surface area contributed by atoms with Crippen LogP contribution in [0.15, 0.2) is 42.5 Å². The number of aryl methyl sites for hydroxylation is 1. The second kappa shape index (κ2) is 6.12. The predicted molar refractivity (Wildman–Crippen MR) is 87.8 cm³/mol. The number of benzene rings is 2. The third-order valence-electron chi connectivity index (χ3n) is 3.92. The van der Waals surface area contributed by atoms with Crippen molar-refractivity contribution in [2.24, 2.45) is 0 Å². The number of carbonyl (C=O) groups excluding carboxylic acids is 2. The molecular formula is C18H18N2O3. The Morgan fingerprint density at radius 1 is 1.26 bits per heavy atom. The number of anilines is 1. The summed E-state index contributed by atoms with van der Waals surface area (Å²) in [5.74, 6) is 0.117. The predicted octanol–water partition coefficient (Wildman–Crippen LogP) is 2.30. The molecule has 1 unspecified atom stereocenters. The lowest BCUT2D eigenvalue weighted by molar-refractivity contribution is -0.118. The average molecular weight is 310 g/mol. The Hall–Kier alpha value is -2.82. The highest BCUT2D eigenvalue weighted by atomic mass is 16.5. The molecular weight excluding hydrogens is 292 g/mol. The van der Waals surface area contributed by atoms with Crippen LogP contribution >= 0.6 is 0 Å². The fourth-order valence-electron chi connectivity index (χ4n) is 2.72. The molecule has 0 saturated heterocycles. The minimum atomic E-state index is -0.595. The third-order valence-corrected chi connectivity index (χ3v) is 3.92. The van der Waals surface area contributed by atoms with Gasteiger partial charge in [-0.2, -0.15) is 0 Å². The van der Waals surface area contributed by atoms with E-state index >= 15 is 0 Å². The van der Waals surface area contributed by atoms with Crippen LogP contribution in [0, 0.1) is 6.92 Å². The maximum Gasteiger partial charge on any atom is 0.252 e. The zero-order valence-corrected chi connectivity index (χ0v) is 13.1. The van der Waals surface area contributed by atoms with Gasteiger partial charge in [0.05, 0.1) is 12.8 Å². The highest BCUT2D eigenvalue weighted by Gasteiger charge is 2.29. The first kappa shape index (κ1) is 15.1. The molecule has 5 heteroatoms. The monoisotopic (exact) mass is 310 g/mol. The van der Waals surface area contributed by atoms with E-state index < -0.39 is 6.04 Å². The van der Waals surface area contributed by atoms with E-state index in [0.29, 0.717) is 23.4 Å². The van der Waals surface area contributed by atoms with Gasteiger partial charge in [0.1, 0.15) is 11.8 Å². The van der Waals surface area contributed by atoms with Gasteiger partial charge in [0.15, 0.2) is 0 Å². The summed E-state index contributed by atoms with van der Waals surface area (Å²) in [5, 5.41) is 5.60. The van der Waals surface area contributed by atoms with E-state index in [9.17, 15) is 9.59 Å². The summed E-state index contributed by atoms with van der Waals surface area (Å²) < 4.78 is 5.26. The zero-order chi connectivity index (χ0) is 16.4. The molecule has 0 bridgehead atoms. The van der Waals surface area contributed by atoms with Crippen molar-refractivity contribution >= 4 is 17.5 Å². The molecule has 5 nitrogen and oxygen atoms in total. The van der Waals surface area contributed by atoms with E-state index in [-0.39, 0.29) is 11.8 Å². The first-order valence-electron chi connectivity index (χ1n) is 7.43. The molecule has 2 N–H and O–H groups in total. The van der Waals surface area contributed by atoms with Gasteiger partial charge in [-0.3, -0.25) is 9.59 Å². The summed E-state index contributed by atoms with van der Waals surface area (Å²) in [4.78, 5) is 24.6. The van der Waals surface area contributed by atoms with Crippen molar-refractivity contribution < 1.29 is 14.3 Å². The van der Waals surface area contributed by atoms with Crippen molar-refractivity contribution in [3.8, 4) is 5.75 Å². The summed E-state index contributed by atoms with van der Waals surface area (Å²) in [6.07, 6.45) is 0.474. The van der Waals surface area contributed by atoms with E-state index in [0.717, 1.165) is 11.1 Å². The van der Waals surface area contributed by atoms with Crippen LogP contribution < -0.4 is 15.4 Å². The van der Waals surface area contributed by atoms with Crippen LogP contribution in [-0.4, -0.2) is 25.0 Å².